The number of fused-ring (bicyclic) bond motifs is 11. The number of nitrogens with zero attached hydrogens (tertiary/aromatic N) is 1. The zero-order valence-electron chi connectivity index (χ0n) is 37.3. The van der Waals surface area contributed by atoms with Crippen LogP contribution < -0.4 is 10.2 Å². The predicted octanol–water partition coefficient (Wildman–Crippen LogP) is 16.5. The van der Waals surface area contributed by atoms with Crippen molar-refractivity contribution in [3.63, 3.8) is 0 Å². The van der Waals surface area contributed by atoms with Crippen molar-refractivity contribution < 1.29 is 0 Å². The van der Waals surface area contributed by atoms with E-state index in [-0.39, 0.29) is 16.2 Å². The van der Waals surface area contributed by atoms with Crippen molar-refractivity contribution in [1.82, 2.24) is 0 Å². The smallest absolute Gasteiger partial charge is 0.0456 e. The van der Waals surface area contributed by atoms with Crippen LogP contribution in [0, 0.1) is 0 Å². The van der Waals surface area contributed by atoms with Crippen molar-refractivity contribution in [2.75, 3.05) is 17.3 Å². The highest BCUT2D eigenvalue weighted by atomic mass is 15.1. The molecule has 0 aromatic heterocycles. The van der Waals surface area contributed by atoms with Crippen molar-refractivity contribution >= 4 is 22.7 Å². The second-order valence-electron chi connectivity index (χ2n) is 20.1. The number of hydrogen-bond acceptors (Lipinski definition) is 2. The Kier molecular flexibility index (Phi) is 8.24. The highest BCUT2D eigenvalue weighted by Gasteiger charge is 2.45. The number of rotatable bonds is 4. The van der Waals surface area contributed by atoms with Crippen LogP contribution in [-0.4, -0.2) is 7.05 Å². The molecule has 3 aliphatic carbocycles. The molecule has 0 atom stereocenters. The minimum Gasteiger partial charge on any atom is -0.355 e. The number of nitrogens with one attached hydrogen (secondary N) is 1. The van der Waals surface area contributed by atoms with E-state index in [1.807, 2.05) is 0 Å². The molecule has 2 heterocycles. The largest absolute Gasteiger partial charge is 0.355 e. The molecule has 312 valence electrons. The van der Waals surface area contributed by atoms with Gasteiger partial charge in [-0.3, -0.25) is 0 Å². The average Bonchev–Trinajstić information content (AvgIpc) is 4.09. The molecule has 0 unspecified atom stereocenters. The maximum absolute atomic E-state index is 3.82. The van der Waals surface area contributed by atoms with E-state index in [4.69, 9.17) is 0 Å². The van der Waals surface area contributed by atoms with Crippen molar-refractivity contribution in [3.8, 4) is 55.6 Å². The summed E-state index contributed by atoms with van der Waals surface area (Å²) in [6.07, 6.45) is 10.1. The van der Waals surface area contributed by atoms with Crippen molar-refractivity contribution in [3.05, 3.63) is 203 Å². The molecule has 0 saturated heterocycles. The SMILES string of the molecule is CN1c2ccccc2C2(CCCC2)c2ccc(-c3ccc(-c4ccc5c(c4)C(C)(C)c4cc(-c6ccc(-c7ccc8c(c7)Nc7ccccc7C87CCCC7)cc6)ccc4-5)cc3)cc21. The molecule has 13 rings (SSSR count). The second kappa shape index (κ2) is 13.9. The summed E-state index contributed by atoms with van der Waals surface area (Å²) in [6, 6.07) is 65.2. The number of benzene rings is 8. The van der Waals surface area contributed by atoms with Crippen LogP contribution >= 0.6 is 0 Å². The molecule has 5 aliphatic rings. The van der Waals surface area contributed by atoms with Gasteiger partial charge in [0, 0.05) is 46.0 Å². The summed E-state index contributed by atoms with van der Waals surface area (Å²) >= 11 is 0. The van der Waals surface area contributed by atoms with E-state index >= 15 is 0 Å². The molecule has 1 N–H and O–H groups in total. The van der Waals surface area contributed by atoms with Gasteiger partial charge in [0.25, 0.3) is 0 Å². The standard InChI is InChI=1S/C62H54N2/c1-60(2)54-36-44(40-16-20-42(21-17-40)46-26-30-51-57(38-46)63-56-14-6-4-12-50(56)61(51)32-8-9-33-61)24-28-48(54)49-29-25-45(37-55(49)60)41-18-22-43(23-19-41)47-27-31-53-59(39-47)64(3)58-15-7-5-13-52(58)62(53)34-10-11-35-62/h4-7,12-31,36-39,63H,8-11,32-35H2,1-3H3. The highest BCUT2D eigenvalue weighted by molar-refractivity contribution is 5.88. The summed E-state index contributed by atoms with van der Waals surface area (Å²) in [5, 5.41) is 3.82. The fraction of sp³-hybridized carbons (Fsp3) is 0.226. The number of hydrogen-bond donors (Lipinski definition) is 1. The van der Waals surface area contributed by atoms with Crippen LogP contribution in [0.3, 0.4) is 0 Å². The van der Waals surface area contributed by atoms with Gasteiger partial charge in [-0.15, -0.1) is 0 Å². The van der Waals surface area contributed by atoms with Crippen LogP contribution in [0.2, 0.25) is 0 Å². The van der Waals surface area contributed by atoms with Gasteiger partial charge in [-0.25, -0.2) is 0 Å². The molecule has 0 bridgehead atoms. The molecule has 0 radical (unpaired) electrons. The van der Waals surface area contributed by atoms with Gasteiger partial charge in [-0.2, -0.15) is 0 Å². The van der Waals surface area contributed by atoms with Crippen LogP contribution in [0.5, 0.6) is 0 Å². The molecule has 2 saturated carbocycles. The van der Waals surface area contributed by atoms with E-state index in [1.54, 1.807) is 0 Å². The topological polar surface area (TPSA) is 15.3 Å². The van der Waals surface area contributed by atoms with Gasteiger partial charge < -0.3 is 10.2 Å². The molecule has 8 aromatic rings. The molecular weight excluding hydrogens is 773 g/mol. The Morgan fingerprint density at radius 2 is 0.766 bits per heavy atom. The third kappa shape index (κ3) is 5.44. The van der Waals surface area contributed by atoms with Crippen molar-refractivity contribution in [1.29, 1.82) is 0 Å². The van der Waals surface area contributed by atoms with Gasteiger partial charge >= 0.3 is 0 Å². The minimum absolute atomic E-state index is 0.119. The van der Waals surface area contributed by atoms with Crippen molar-refractivity contribution in [2.45, 2.75) is 81.5 Å². The molecule has 0 amide bonds. The third-order valence-electron chi connectivity index (χ3n) is 16.6. The summed E-state index contributed by atoms with van der Waals surface area (Å²) < 4.78 is 0. The molecule has 2 heteroatoms. The van der Waals surface area contributed by atoms with Crippen LogP contribution in [-0.2, 0) is 16.2 Å². The average molecular weight is 827 g/mol. The van der Waals surface area contributed by atoms with Gasteiger partial charge in [-0.1, -0.05) is 173 Å². The predicted molar refractivity (Wildman–Crippen MR) is 268 cm³/mol. The lowest BCUT2D eigenvalue weighted by atomic mass is 9.69. The maximum Gasteiger partial charge on any atom is 0.0456 e. The first-order valence-electron chi connectivity index (χ1n) is 23.8. The first-order chi connectivity index (χ1) is 31.3. The van der Waals surface area contributed by atoms with Crippen molar-refractivity contribution in [2.24, 2.45) is 0 Å². The quantitative estimate of drug-likeness (QED) is 0.190. The Labute approximate surface area is 378 Å². The normalized spacial score (nSPS) is 17.6. The number of anilines is 4. The summed E-state index contributed by atoms with van der Waals surface area (Å²) in [4.78, 5) is 2.42. The Balaban J connectivity index is 0.758. The maximum atomic E-state index is 3.82. The first kappa shape index (κ1) is 37.9. The Bertz CT molecular complexity index is 3170. The van der Waals surface area contributed by atoms with E-state index in [0.717, 1.165) is 0 Å². The molecule has 64 heavy (non-hydrogen) atoms. The molecule has 2 aliphatic heterocycles. The summed E-state index contributed by atoms with van der Waals surface area (Å²) in [5.41, 5.74) is 27.0. The second-order valence-corrected chi connectivity index (χ2v) is 20.1. The zero-order chi connectivity index (χ0) is 42.8. The van der Waals surface area contributed by atoms with Gasteiger partial charge in [0.05, 0.1) is 0 Å². The number of para-hydroxylation sites is 2. The van der Waals surface area contributed by atoms with E-state index in [2.05, 4.69) is 201 Å². The molecule has 8 aromatic carbocycles. The van der Waals surface area contributed by atoms with E-state index in [9.17, 15) is 0 Å². The summed E-state index contributed by atoms with van der Waals surface area (Å²) in [7, 11) is 2.25. The van der Waals surface area contributed by atoms with Crippen LogP contribution in [0.4, 0.5) is 22.7 Å². The highest BCUT2D eigenvalue weighted by Crippen LogP contribution is 2.58. The monoisotopic (exact) mass is 826 g/mol. The van der Waals surface area contributed by atoms with Gasteiger partial charge in [0.1, 0.15) is 0 Å². The van der Waals surface area contributed by atoms with Gasteiger partial charge in [-0.05, 0) is 151 Å². The van der Waals surface area contributed by atoms with Crippen LogP contribution in [0.1, 0.15) is 98.6 Å². The molecule has 2 fully saturated rings. The third-order valence-corrected chi connectivity index (χ3v) is 16.6. The lowest BCUT2D eigenvalue weighted by Crippen LogP contribution is -2.33. The van der Waals surface area contributed by atoms with Crippen LogP contribution in [0.25, 0.3) is 55.6 Å². The van der Waals surface area contributed by atoms with Crippen LogP contribution in [0.15, 0.2) is 170 Å². The van der Waals surface area contributed by atoms with Gasteiger partial charge in [0.2, 0.25) is 0 Å². The lowest BCUT2D eigenvalue weighted by Gasteiger charge is -2.42. The lowest BCUT2D eigenvalue weighted by molar-refractivity contribution is 0.529. The summed E-state index contributed by atoms with van der Waals surface area (Å²) in [6.45, 7) is 4.80. The van der Waals surface area contributed by atoms with Gasteiger partial charge in [0.15, 0.2) is 0 Å². The molecule has 2 nitrogen and oxygen atoms in total. The molecule has 2 spiro atoms. The molecular formula is C62H54N2. The minimum atomic E-state index is -0.119. The Morgan fingerprint density at radius 1 is 0.359 bits per heavy atom. The Hall–Kier alpha value is -6.64. The summed E-state index contributed by atoms with van der Waals surface area (Å²) in [5.74, 6) is 0. The van der Waals surface area contributed by atoms with E-state index in [1.165, 1.54) is 163 Å². The fourth-order valence-corrected chi connectivity index (χ4v) is 13.2. The van der Waals surface area contributed by atoms with E-state index < -0.39 is 0 Å². The fourth-order valence-electron chi connectivity index (χ4n) is 13.2. The van der Waals surface area contributed by atoms with E-state index in [0.29, 0.717) is 0 Å². The first-order valence-corrected chi connectivity index (χ1v) is 23.8. The zero-order valence-corrected chi connectivity index (χ0v) is 37.3. The Morgan fingerprint density at radius 3 is 1.34 bits per heavy atom.